The van der Waals surface area contributed by atoms with Crippen LogP contribution in [0.5, 0.6) is 5.75 Å². The lowest BCUT2D eigenvalue weighted by molar-refractivity contribution is -0.134. The number of piperidine rings is 1. The Labute approximate surface area is 131 Å². The Morgan fingerprint density at radius 2 is 2.32 bits per heavy atom. The van der Waals surface area contributed by atoms with Crippen molar-refractivity contribution in [2.24, 2.45) is 5.92 Å². The zero-order chi connectivity index (χ0) is 15.8. The number of benzene rings is 1. The quantitative estimate of drug-likeness (QED) is 0.727. The molecule has 0 N–H and O–H groups in total. The number of carbonyl (C=O) groups excluding carboxylic acids is 1. The summed E-state index contributed by atoms with van der Waals surface area (Å²) in [5, 5.41) is 0. The number of hydrogen-bond donors (Lipinski definition) is 0. The third kappa shape index (κ3) is 5.30. The van der Waals surface area contributed by atoms with Crippen LogP contribution in [-0.4, -0.2) is 43.7 Å². The van der Waals surface area contributed by atoms with E-state index in [2.05, 4.69) is 0 Å². The summed E-state index contributed by atoms with van der Waals surface area (Å²) in [6.07, 6.45) is 2.45. The highest BCUT2D eigenvalue weighted by Crippen LogP contribution is 2.20. The number of rotatable bonds is 7. The molecular weight excluding hydrogens is 285 g/mol. The van der Waals surface area contributed by atoms with Gasteiger partial charge in [0, 0.05) is 31.7 Å². The van der Waals surface area contributed by atoms with Crippen molar-refractivity contribution in [3.8, 4) is 5.75 Å². The average Bonchev–Trinajstić information content (AvgIpc) is 2.53. The summed E-state index contributed by atoms with van der Waals surface area (Å²) in [7, 11) is 0. The van der Waals surface area contributed by atoms with Crippen LogP contribution < -0.4 is 4.74 Å². The maximum absolute atomic E-state index is 13.1. The number of ether oxygens (including phenoxy) is 2. The van der Waals surface area contributed by atoms with Crippen LogP contribution in [0.4, 0.5) is 4.39 Å². The van der Waals surface area contributed by atoms with E-state index in [4.69, 9.17) is 9.47 Å². The highest BCUT2D eigenvalue weighted by molar-refractivity contribution is 5.76. The molecule has 0 radical (unpaired) electrons. The van der Waals surface area contributed by atoms with Crippen molar-refractivity contribution in [1.29, 1.82) is 0 Å². The fourth-order valence-corrected chi connectivity index (χ4v) is 2.66. The first-order valence-electron chi connectivity index (χ1n) is 7.93. The zero-order valence-corrected chi connectivity index (χ0v) is 13.1. The van der Waals surface area contributed by atoms with Gasteiger partial charge in [0.2, 0.25) is 5.91 Å². The van der Waals surface area contributed by atoms with Gasteiger partial charge >= 0.3 is 0 Å². The van der Waals surface area contributed by atoms with Gasteiger partial charge in [-0.2, -0.15) is 0 Å². The van der Waals surface area contributed by atoms with Crippen molar-refractivity contribution in [3.05, 3.63) is 30.1 Å². The Bertz CT molecular complexity index is 481. The molecule has 1 saturated heterocycles. The minimum Gasteiger partial charge on any atom is -0.493 e. The second kappa shape index (κ2) is 8.73. The van der Waals surface area contributed by atoms with Crippen molar-refractivity contribution >= 4 is 5.91 Å². The van der Waals surface area contributed by atoms with Gasteiger partial charge in [0.1, 0.15) is 11.6 Å². The summed E-state index contributed by atoms with van der Waals surface area (Å²) in [5.41, 5.74) is 0. The molecule has 0 aliphatic carbocycles. The Morgan fingerprint density at radius 1 is 1.45 bits per heavy atom. The predicted molar refractivity (Wildman–Crippen MR) is 82.3 cm³/mol. The third-order valence-electron chi connectivity index (χ3n) is 3.82. The Morgan fingerprint density at radius 3 is 3.09 bits per heavy atom. The maximum atomic E-state index is 13.1. The molecule has 4 nitrogen and oxygen atoms in total. The molecule has 1 amide bonds. The number of carbonyl (C=O) groups is 1. The maximum Gasteiger partial charge on any atom is 0.224 e. The first-order chi connectivity index (χ1) is 10.7. The van der Waals surface area contributed by atoms with E-state index in [1.165, 1.54) is 12.1 Å². The van der Waals surface area contributed by atoms with E-state index in [9.17, 15) is 9.18 Å². The van der Waals surface area contributed by atoms with E-state index in [0.29, 0.717) is 44.5 Å². The van der Waals surface area contributed by atoms with Gasteiger partial charge in [-0.15, -0.1) is 0 Å². The monoisotopic (exact) mass is 309 g/mol. The van der Waals surface area contributed by atoms with Crippen LogP contribution in [0.25, 0.3) is 0 Å². The predicted octanol–water partition coefficient (Wildman–Crippen LogP) is 2.87. The Hall–Kier alpha value is -1.62. The van der Waals surface area contributed by atoms with Crippen LogP contribution in [0.3, 0.4) is 0 Å². The summed E-state index contributed by atoms with van der Waals surface area (Å²) < 4.78 is 24.0. The van der Waals surface area contributed by atoms with E-state index in [-0.39, 0.29) is 11.7 Å². The SMILES string of the molecule is CCOCCC(=O)N1CCC[C@H](COc2cccc(F)c2)C1. The molecule has 122 valence electrons. The molecule has 1 fully saturated rings. The van der Waals surface area contributed by atoms with Gasteiger partial charge < -0.3 is 14.4 Å². The van der Waals surface area contributed by atoms with Gasteiger partial charge in [-0.25, -0.2) is 4.39 Å². The summed E-state index contributed by atoms with van der Waals surface area (Å²) >= 11 is 0. The first-order valence-corrected chi connectivity index (χ1v) is 7.93. The van der Waals surface area contributed by atoms with Crippen molar-refractivity contribution < 1.29 is 18.7 Å². The molecule has 5 heteroatoms. The highest BCUT2D eigenvalue weighted by Gasteiger charge is 2.23. The van der Waals surface area contributed by atoms with Crippen LogP contribution >= 0.6 is 0 Å². The van der Waals surface area contributed by atoms with E-state index in [1.807, 2.05) is 11.8 Å². The molecular formula is C17H24FNO3. The smallest absolute Gasteiger partial charge is 0.224 e. The standard InChI is InChI=1S/C17H24FNO3/c1-2-21-10-8-17(20)19-9-4-5-14(12-19)13-22-16-7-3-6-15(18)11-16/h3,6-7,11,14H,2,4-5,8-10,12-13H2,1H3/t14-/m0/s1. The van der Waals surface area contributed by atoms with E-state index < -0.39 is 0 Å². The van der Waals surface area contributed by atoms with E-state index in [0.717, 1.165) is 19.4 Å². The molecule has 0 bridgehead atoms. The topological polar surface area (TPSA) is 38.8 Å². The zero-order valence-electron chi connectivity index (χ0n) is 13.1. The minimum atomic E-state index is -0.297. The Balaban J connectivity index is 1.76. The lowest BCUT2D eigenvalue weighted by Gasteiger charge is -2.32. The van der Waals surface area contributed by atoms with Gasteiger partial charge in [0.25, 0.3) is 0 Å². The minimum absolute atomic E-state index is 0.143. The number of nitrogens with zero attached hydrogens (tertiary/aromatic N) is 1. The van der Waals surface area contributed by atoms with Crippen LogP contribution in [0, 0.1) is 11.7 Å². The van der Waals surface area contributed by atoms with Crippen molar-refractivity contribution in [2.45, 2.75) is 26.2 Å². The molecule has 1 heterocycles. The lowest BCUT2D eigenvalue weighted by atomic mass is 9.98. The van der Waals surface area contributed by atoms with Gasteiger partial charge in [-0.1, -0.05) is 6.07 Å². The van der Waals surface area contributed by atoms with Gasteiger partial charge in [-0.05, 0) is 31.9 Å². The molecule has 1 aromatic rings. The first kappa shape index (κ1) is 16.7. The van der Waals surface area contributed by atoms with Crippen LogP contribution in [0.2, 0.25) is 0 Å². The molecule has 1 aromatic carbocycles. The highest BCUT2D eigenvalue weighted by atomic mass is 19.1. The second-order valence-electron chi connectivity index (χ2n) is 5.56. The van der Waals surface area contributed by atoms with Crippen LogP contribution in [0.1, 0.15) is 26.2 Å². The molecule has 0 aromatic heterocycles. The third-order valence-corrected chi connectivity index (χ3v) is 3.82. The summed E-state index contributed by atoms with van der Waals surface area (Å²) in [4.78, 5) is 14.0. The molecule has 22 heavy (non-hydrogen) atoms. The fourth-order valence-electron chi connectivity index (χ4n) is 2.66. The fraction of sp³-hybridized carbons (Fsp3) is 0.588. The number of halogens is 1. The molecule has 1 aliphatic rings. The summed E-state index contributed by atoms with van der Waals surface area (Å²) in [6, 6.07) is 6.16. The van der Waals surface area contributed by atoms with Crippen molar-refractivity contribution in [2.75, 3.05) is 32.9 Å². The second-order valence-corrected chi connectivity index (χ2v) is 5.56. The van der Waals surface area contributed by atoms with Gasteiger partial charge in [0.15, 0.2) is 0 Å². The lowest BCUT2D eigenvalue weighted by Crippen LogP contribution is -2.41. The average molecular weight is 309 g/mol. The summed E-state index contributed by atoms with van der Waals surface area (Å²) in [6.45, 7) is 5.07. The molecule has 1 aliphatic heterocycles. The number of hydrogen-bond acceptors (Lipinski definition) is 3. The number of amides is 1. The molecule has 0 unspecified atom stereocenters. The van der Waals surface area contributed by atoms with Gasteiger partial charge in [-0.3, -0.25) is 4.79 Å². The molecule has 0 saturated carbocycles. The van der Waals surface area contributed by atoms with Crippen molar-refractivity contribution in [3.63, 3.8) is 0 Å². The van der Waals surface area contributed by atoms with Crippen LogP contribution in [-0.2, 0) is 9.53 Å². The Kier molecular flexibility index (Phi) is 6.65. The summed E-state index contributed by atoms with van der Waals surface area (Å²) in [5.74, 6) is 0.686. The number of likely N-dealkylation sites (tertiary alicyclic amines) is 1. The van der Waals surface area contributed by atoms with E-state index in [1.54, 1.807) is 12.1 Å². The van der Waals surface area contributed by atoms with E-state index >= 15 is 0 Å². The van der Waals surface area contributed by atoms with Crippen LogP contribution in [0.15, 0.2) is 24.3 Å². The molecule has 1 atom stereocenters. The largest absolute Gasteiger partial charge is 0.493 e. The molecule has 2 rings (SSSR count). The molecule has 0 spiro atoms. The van der Waals surface area contributed by atoms with Gasteiger partial charge in [0.05, 0.1) is 19.6 Å². The normalized spacial score (nSPS) is 18.3. The van der Waals surface area contributed by atoms with Crippen molar-refractivity contribution in [1.82, 2.24) is 4.90 Å².